The lowest BCUT2D eigenvalue weighted by Crippen LogP contribution is -2.30. The molecule has 0 spiro atoms. The van der Waals surface area contributed by atoms with Crippen molar-refractivity contribution in [3.05, 3.63) is 17.0 Å². The van der Waals surface area contributed by atoms with Gasteiger partial charge in [-0.05, 0) is 19.8 Å². The van der Waals surface area contributed by atoms with Crippen LogP contribution in [0.25, 0.3) is 0 Å². The molecule has 1 amide bonds. The molecule has 0 saturated carbocycles. The third kappa shape index (κ3) is 2.34. The van der Waals surface area contributed by atoms with Gasteiger partial charge in [-0.2, -0.15) is 0 Å². The lowest BCUT2D eigenvalue weighted by Gasteiger charge is -2.15. The van der Waals surface area contributed by atoms with E-state index in [2.05, 4.69) is 5.16 Å². The van der Waals surface area contributed by atoms with Gasteiger partial charge in [0.05, 0.1) is 18.7 Å². The molecular weight excluding hydrogens is 248 g/mol. The summed E-state index contributed by atoms with van der Waals surface area (Å²) in [6.45, 7) is 6.33. The molecule has 0 aromatic carbocycles. The van der Waals surface area contributed by atoms with Gasteiger partial charge in [-0.15, -0.1) is 0 Å². The maximum atomic E-state index is 12.4. The molecule has 0 radical (unpaired) electrons. The van der Waals surface area contributed by atoms with E-state index in [1.54, 1.807) is 18.7 Å². The number of hydrogen-bond acceptors (Lipinski definition) is 5. The van der Waals surface area contributed by atoms with Gasteiger partial charge in [-0.1, -0.05) is 12.1 Å². The van der Waals surface area contributed by atoms with Crippen molar-refractivity contribution in [2.24, 2.45) is 11.8 Å². The molecule has 2 unspecified atom stereocenters. The van der Waals surface area contributed by atoms with Crippen LogP contribution in [-0.4, -0.2) is 42.1 Å². The quantitative estimate of drug-likeness (QED) is 0.751. The minimum absolute atomic E-state index is 0.0943. The van der Waals surface area contributed by atoms with Crippen LogP contribution in [0.4, 0.5) is 0 Å². The topological polar surface area (TPSA) is 72.6 Å². The highest BCUT2D eigenvalue weighted by Gasteiger charge is 2.39. The zero-order chi connectivity index (χ0) is 14.2. The number of hydrogen-bond donors (Lipinski definition) is 0. The fraction of sp³-hybridized carbons (Fsp3) is 0.615. The van der Waals surface area contributed by atoms with E-state index in [1.807, 2.05) is 6.92 Å². The summed E-state index contributed by atoms with van der Waals surface area (Å²) in [5.41, 5.74) is 1.08. The molecule has 1 fully saturated rings. The van der Waals surface area contributed by atoms with E-state index in [1.165, 1.54) is 7.11 Å². The second-order valence-electron chi connectivity index (χ2n) is 5.02. The molecule has 1 aliphatic rings. The SMILES string of the molecule is COC(=O)C1CN(C(=O)c2c(C)noc2C)CC1C. The molecule has 6 nitrogen and oxygen atoms in total. The Morgan fingerprint density at radius 1 is 1.37 bits per heavy atom. The number of methoxy groups -OCH3 is 1. The summed E-state index contributed by atoms with van der Waals surface area (Å²) in [6, 6.07) is 0. The number of carbonyl (C=O) groups excluding carboxylic acids is 2. The minimum atomic E-state index is -0.262. The summed E-state index contributed by atoms with van der Waals surface area (Å²) >= 11 is 0. The van der Waals surface area contributed by atoms with Crippen LogP contribution >= 0.6 is 0 Å². The predicted octanol–water partition coefficient (Wildman–Crippen LogP) is 1.17. The van der Waals surface area contributed by atoms with Crippen molar-refractivity contribution >= 4 is 11.9 Å². The van der Waals surface area contributed by atoms with E-state index in [0.717, 1.165) is 0 Å². The number of nitrogens with zero attached hydrogens (tertiary/aromatic N) is 2. The van der Waals surface area contributed by atoms with Crippen molar-refractivity contribution < 1.29 is 18.8 Å². The number of aryl methyl sites for hydroxylation is 2. The Kier molecular flexibility index (Phi) is 3.59. The second kappa shape index (κ2) is 5.03. The van der Waals surface area contributed by atoms with Gasteiger partial charge in [-0.25, -0.2) is 0 Å². The van der Waals surface area contributed by atoms with Gasteiger partial charge in [0.2, 0.25) is 0 Å². The second-order valence-corrected chi connectivity index (χ2v) is 5.02. The summed E-state index contributed by atoms with van der Waals surface area (Å²) in [5, 5.41) is 3.78. The number of ether oxygens (including phenoxy) is 1. The van der Waals surface area contributed by atoms with Gasteiger partial charge in [0, 0.05) is 13.1 Å². The zero-order valence-electron chi connectivity index (χ0n) is 11.6. The number of aromatic nitrogens is 1. The van der Waals surface area contributed by atoms with Gasteiger partial charge < -0.3 is 14.2 Å². The first-order valence-electron chi connectivity index (χ1n) is 6.25. The molecule has 0 aliphatic carbocycles. The highest BCUT2D eigenvalue weighted by molar-refractivity contribution is 5.96. The molecule has 2 atom stereocenters. The number of likely N-dealkylation sites (tertiary alicyclic amines) is 1. The first kappa shape index (κ1) is 13.6. The van der Waals surface area contributed by atoms with Crippen molar-refractivity contribution in [1.82, 2.24) is 10.1 Å². The average Bonchev–Trinajstić information content (AvgIpc) is 2.92. The van der Waals surface area contributed by atoms with Crippen molar-refractivity contribution in [3.63, 3.8) is 0 Å². The van der Waals surface area contributed by atoms with Crippen LogP contribution in [0.5, 0.6) is 0 Å². The summed E-state index contributed by atoms with van der Waals surface area (Å²) in [5.74, 6) is -0.0426. The third-order valence-corrected chi connectivity index (χ3v) is 3.65. The molecule has 0 N–H and O–H groups in total. The van der Waals surface area contributed by atoms with Crippen molar-refractivity contribution in [3.8, 4) is 0 Å². The maximum absolute atomic E-state index is 12.4. The van der Waals surface area contributed by atoms with Gasteiger partial charge in [0.1, 0.15) is 11.3 Å². The molecule has 2 heterocycles. The number of amides is 1. The first-order chi connectivity index (χ1) is 8.95. The van der Waals surface area contributed by atoms with Crippen LogP contribution in [0.2, 0.25) is 0 Å². The van der Waals surface area contributed by atoms with E-state index in [9.17, 15) is 9.59 Å². The normalized spacial score (nSPS) is 22.6. The number of esters is 1. The standard InChI is InChI=1S/C13H18N2O4/c1-7-5-15(6-10(7)13(17)18-4)12(16)11-8(2)14-19-9(11)3/h7,10H,5-6H2,1-4H3. The minimum Gasteiger partial charge on any atom is -0.469 e. The zero-order valence-corrected chi connectivity index (χ0v) is 11.6. The van der Waals surface area contributed by atoms with Crippen molar-refractivity contribution in [2.45, 2.75) is 20.8 Å². The molecule has 1 aromatic heterocycles. The summed E-state index contributed by atoms with van der Waals surface area (Å²) in [4.78, 5) is 25.7. The Morgan fingerprint density at radius 2 is 2.05 bits per heavy atom. The maximum Gasteiger partial charge on any atom is 0.310 e. The highest BCUT2D eigenvalue weighted by Crippen LogP contribution is 2.26. The van der Waals surface area contributed by atoms with E-state index >= 15 is 0 Å². The first-order valence-corrected chi connectivity index (χ1v) is 6.25. The van der Waals surface area contributed by atoms with Gasteiger partial charge in [0.25, 0.3) is 5.91 Å². The molecule has 2 rings (SSSR count). The largest absolute Gasteiger partial charge is 0.469 e. The van der Waals surface area contributed by atoms with E-state index in [0.29, 0.717) is 30.1 Å². The average molecular weight is 266 g/mol. The fourth-order valence-electron chi connectivity index (χ4n) is 2.54. The lowest BCUT2D eigenvalue weighted by atomic mass is 9.99. The molecular formula is C13H18N2O4. The Hall–Kier alpha value is -1.85. The van der Waals surface area contributed by atoms with Crippen molar-refractivity contribution in [2.75, 3.05) is 20.2 Å². The van der Waals surface area contributed by atoms with Crippen molar-refractivity contribution in [1.29, 1.82) is 0 Å². The Bertz CT molecular complexity index is 489. The predicted molar refractivity (Wildman–Crippen MR) is 66.6 cm³/mol. The van der Waals surface area contributed by atoms with Gasteiger partial charge in [0.15, 0.2) is 0 Å². The van der Waals surface area contributed by atoms with Crippen LogP contribution in [0.15, 0.2) is 4.52 Å². The van der Waals surface area contributed by atoms with Gasteiger partial charge >= 0.3 is 5.97 Å². The van der Waals surface area contributed by atoms with Crippen LogP contribution in [0.1, 0.15) is 28.7 Å². The molecule has 0 bridgehead atoms. The summed E-state index contributed by atoms with van der Waals surface area (Å²) in [7, 11) is 1.37. The molecule has 104 valence electrons. The molecule has 1 aliphatic heterocycles. The van der Waals surface area contributed by atoms with Crippen LogP contribution in [0.3, 0.4) is 0 Å². The molecule has 1 aromatic rings. The summed E-state index contributed by atoms with van der Waals surface area (Å²) in [6.07, 6.45) is 0. The number of carbonyl (C=O) groups is 2. The van der Waals surface area contributed by atoms with E-state index in [4.69, 9.17) is 9.26 Å². The third-order valence-electron chi connectivity index (χ3n) is 3.65. The Balaban J connectivity index is 2.17. The molecule has 1 saturated heterocycles. The van der Waals surface area contributed by atoms with Crippen LogP contribution < -0.4 is 0 Å². The fourth-order valence-corrected chi connectivity index (χ4v) is 2.54. The summed E-state index contributed by atoms with van der Waals surface area (Å²) < 4.78 is 9.77. The van der Waals surface area contributed by atoms with Crippen LogP contribution in [0, 0.1) is 25.7 Å². The van der Waals surface area contributed by atoms with E-state index in [-0.39, 0.29) is 23.7 Å². The monoisotopic (exact) mass is 266 g/mol. The smallest absolute Gasteiger partial charge is 0.310 e. The lowest BCUT2D eigenvalue weighted by molar-refractivity contribution is -0.146. The Labute approximate surface area is 111 Å². The van der Waals surface area contributed by atoms with Gasteiger partial charge in [-0.3, -0.25) is 9.59 Å². The molecule has 19 heavy (non-hydrogen) atoms. The Morgan fingerprint density at radius 3 is 2.58 bits per heavy atom. The van der Waals surface area contributed by atoms with E-state index < -0.39 is 0 Å². The van der Waals surface area contributed by atoms with Crippen LogP contribution in [-0.2, 0) is 9.53 Å². The number of rotatable bonds is 2. The highest BCUT2D eigenvalue weighted by atomic mass is 16.5. The molecule has 6 heteroatoms.